The van der Waals surface area contributed by atoms with Crippen LogP contribution in [-0.4, -0.2) is 5.97 Å². The van der Waals surface area contributed by atoms with Gasteiger partial charge in [-0.25, -0.2) is 9.18 Å². The highest BCUT2D eigenvalue weighted by molar-refractivity contribution is 5.91. The van der Waals surface area contributed by atoms with Gasteiger partial charge in [-0.2, -0.15) is 0 Å². The van der Waals surface area contributed by atoms with E-state index in [2.05, 4.69) is 6.92 Å². The summed E-state index contributed by atoms with van der Waals surface area (Å²) < 4.78 is 19.0. The van der Waals surface area contributed by atoms with Crippen molar-refractivity contribution in [2.24, 2.45) is 0 Å². The molecule has 0 aliphatic rings. The molecule has 120 valence electrons. The van der Waals surface area contributed by atoms with Gasteiger partial charge >= 0.3 is 5.97 Å². The highest BCUT2D eigenvalue weighted by Crippen LogP contribution is 2.16. The number of carbonyl (C=O) groups excluding carboxylic acids is 1. The summed E-state index contributed by atoms with van der Waals surface area (Å²) in [6, 6.07) is 15.7. The first kappa shape index (κ1) is 16.9. The zero-order valence-corrected chi connectivity index (χ0v) is 13.3. The number of benzene rings is 2. The molecule has 0 aliphatic heterocycles. The maximum Gasteiger partial charge on any atom is 0.343 e. The molecule has 0 amide bonds. The van der Waals surface area contributed by atoms with Gasteiger partial charge in [0, 0.05) is 0 Å². The van der Waals surface area contributed by atoms with E-state index in [9.17, 15) is 9.18 Å². The van der Waals surface area contributed by atoms with Crippen LogP contribution in [0, 0.1) is 0 Å². The molecule has 0 heterocycles. The Labute approximate surface area is 136 Å². The molecule has 0 spiro atoms. The van der Waals surface area contributed by atoms with Crippen LogP contribution in [0.1, 0.15) is 48.5 Å². The Morgan fingerprint density at radius 2 is 1.74 bits per heavy atom. The molecule has 0 saturated carbocycles. The van der Waals surface area contributed by atoms with Gasteiger partial charge in [-0.1, -0.05) is 50.1 Å². The van der Waals surface area contributed by atoms with Crippen LogP contribution < -0.4 is 4.74 Å². The SMILES string of the molecule is CCCCC/C(F)=C\c1ccc(C(=O)Oc2ccccc2)cc1. The van der Waals surface area contributed by atoms with Crippen molar-refractivity contribution >= 4 is 12.0 Å². The summed E-state index contributed by atoms with van der Waals surface area (Å²) >= 11 is 0. The van der Waals surface area contributed by atoms with Crippen LogP contribution in [0.2, 0.25) is 0 Å². The van der Waals surface area contributed by atoms with E-state index in [1.54, 1.807) is 48.5 Å². The van der Waals surface area contributed by atoms with Crippen LogP contribution in [0.25, 0.3) is 6.08 Å². The largest absolute Gasteiger partial charge is 0.423 e. The van der Waals surface area contributed by atoms with Gasteiger partial charge in [0.15, 0.2) is 0 Å². The molecular formula is C20H21FO2. The lowest BCUT2D eigenvalue weighted by Crippen LogP contribution is -2.08. The molecule has 2 aromatic carbocycles. The summed E-state index contributed by atoms with van der Waals surface area (Å²) in [6.07, 6.45) is 4.95. The molecule has 0 atom stereocenters. The van der Waals surface area contributed by atoms with Gasteiger partial charge in [-0.3, -0.25) is 0 Å². The Hall–Kier alpha value is -2.42. The first-order chi connectivity index (χ1) is 11.2. The molecule has 2 nitrogen and oxygen atoms in total. The summed E-state index contributed by atoms with van der Waals surface area (Å²) in [6.45, 7) is 2.09. The number of allylic oxidation sites excluding steroid dienone is 1. The molecule has 2 aromatic rings. The Morgan fingerprint density at radius 3 is 2.39 bits per heavy atom. The van der Waals surface area contributed by atoms with Crippen molar-refractivity contribution in [2.45, 2.75) is 32.6 Å². The van der Waals surface area contributed by atoms with E-state index in [1.807, 2.05) is 6.07 Å². The van der Waals surface area contributed by atoms with Gasteiger partial charge in [0.25, 0.3) is 0 Å². The summed E-state index contributed by atoms with van der Waals surface area (Å²) in [5, 5.41) is 0. The molecule has 0 fully saturated rings. The molecule has 0 aromatic heterocycles. The molecule has 3 heteroatoms. The lowest BCUT2D eigenvalue weighted by molar-refractivity contribution is 0.0735. The summed E-state index contributed by atoms with van der Waals surface area (Å²) in [5.41, 5.74) is 1.19. The summed E-state index contributed by atoms with van der Waals surface area (Å²) in [5.74, 6) is -0.0448. The first-order valence-electron chi connectivity index (χ1n) is 7.92. The van der Waals surface area contributed by atoms with Crippen LogP contribution in [-0.2, 0) is 0 Å². The van der Waals surface area contributed by atoms with Gasteiger partial charge in [0.2, 0.25) is 0 Å². The number of unbranched alkanes of at least 4 members (excludes halogenated alkanes) is 2. The second kappa shape index (κ2) is 8.89. The van der Waals surface area contributed by atoms with Gasteiger partial charge in [-0.05, 0) is 48.7 Å². The minimum Gasteiger partial charge on any atom is -0.423 e. The van der Waals surface area contributed by atoms with Gasteiger partial charge < -0.3 is 4.74 Å². The molecular weight excluding hydrogens is 291 g/mol. The van der Waals surface area contributed by atoms with E-state index in [4.69, 9.17) is 4.74 Å². The van der Waals surface area contributed by atoms with Crippen LogP contribution >= 0.6 is 0 Å². The third-order valence-electron chi connectivity index (χ3n) is 3.44. The van der Waals surface area contributed by atoms with E-state index in [0.717, 1.165) is 24.8 Å². The number of hydrogen-bond donors (Lipinski definition) is 0. The lowest BCUT2D eigenvalue weighted by Gasteiger charge is -2.04. The Kier molecular flexibility index (Phi) is 6.55. The quantitative estimate of drug-likeness (QED) is 0.367. The first-order valence-corrected chi connectivity index (χ1v) is 7.92. The molecule has 2 rings (SSSR count). The van der Waals surface area contributed by atoms with Crippen molar-refractivity contribution in [3.05, 3.63) is 71.6 Å². The molecule has 23 heavy (non-hydrogen) atoms. The number of carbonyl (C=O) groups is 1. The second-order valence-corrected chi connectivity index (χ2v) is 5.37. The highest BCUT2D eigenvalue weighted by atomic mass is 19.1. The smallest absolute Gasteiger partial charge is 0.343 e. The number of hydrogen-bond acceptors (Lipinski definition) is 2. The second-order valence-electron chi connectivity index (χ2n) is 5.37. The molecule has 0 saturated heterocycles. The van der Waals surface area contributed by atoms with Gasteiger partial charge in [0.1, 0.15) is 11.6 Å². The van der Waals surface area contributed by atoms with Crippen LogP contribution in [0.4, 0.5) is 4.39 Å². The fourth-order valence-electron chi connectivity index (χ4n) is 2.17. The summed E-state index contributed by atoms with van der Waals surface area (Å²) in [7, 11) is 0. The maximum absolute atomic E-state index is 13.7. The Morgan fingerprint density at radius 1 is 1.04 bits per heavy atom. The maximum atomic E-state index is 13.7. The standard InChI is InChI=1S/C20H21FO2/c1-2-3-5-8-18(21)15-16-11-13-17(14-12-16)20(22)23-19-9-6-4-7-10-19/h4,6-7,9-15H,2-3,5,8H2,1H3/b18-15+. The Bertz CT molecular complexity index is 645. The van der Waals surface area contributed by atoms with Crippen LogP contribution in [0.15, 0.2) is 60.4 Å². The monoisotopic (exact) mass is 312 g/mol. The normalized spacial score (nSPS) is 11.3. The average Bonchev–Trinajstić information content (AvgIpc) is 2.56. The summed E-state index contributed by atoms with van der Waals surface area (Å²) in [4.78, 5) is 12.0. The molecule has 0 radical (unpaired) electrons. The van der Waals surface area contributed by atoms with Crippen molar-refractivity contribution < 1.29 is 13.9 Å². The van der Waals surface area contributed by atoms with Gasteiger partial charge in [0.05, 0.1) is 5.56 Å². The number of esters is 1. The third-order valence-corrected chi connectivity index (χ3v) is 3.44. The lowest BCUT2D eigenvalue weighted by atomic mass is 10.1. The fourth-order valence-corrected chi connectivity index (χ4v) is 2.17. The van der Waals surface area contributed by atoms with E-state index in [1.165, 1.54) is 6.08 Å². The highest BCUT2D eigenvalue weighted by Gasteiger charge is 2.08. The van der Waals surface area contributed by atoms with Crippen molar-refractivity contribution in [1.29, 1.82) is 0 Å². The van der Waals surface area contributed by atoms with E-state index < -0.39 is 5.97 Å². The van der Waals surface area contributed by atoms with Crippen molar-refractivity contribution in [3.63, 3.8) is 0 Å². The fraction of sp³-hybridized carbons (Fsp3) is 0.250. The van der Waals surface area contributed by atoms with Crippen LogP contribution in [0.3, 0.4) is 0 Å². The van der Waals surface area contributed by atoms with Gasteiger partial charge in [-0.15, -0.1) is 0 Å². The predicted molar refractivity (Wildman–Crippen MR) is 91.1 cm³/mol. The number of rotatable bonds is 7. The Balaban J connectivity index is 1.96. The van der Waals surface area contributed by atoms with E-state index in [0.29, 0.717) is 17.7 Å². The zero-order valence-electron chi connectivity index (χ0n) is 13.3. The number of halogens is 1. The van der Waals surface area contributed by atoms with Crippen LogP contribution in [0.5, 0.6) is 5.75 Å². The van der Waals surface area contributed by atoms with E-state index in [-0.39, 0.29) is 5.83 Å². The van der Waals surface area contributed by atoms with Crippen molar-refractivity contribution in [1.82, 2.24) is 0 Å². The number of ether oxygens (including phenoxy) is 1. The average molecular weight is 312 g/mol. The molecule has 0 unspecified atom stereocenters. The molecule has 0 aliphatic carbocycles. The number of para-hydroxylation sites is 1. The zero-order chi connectivity index (χ0) is 16.5. The molecule has 0 N–H and O–H groups in total. The third kappa shape index (κ3) is 5.70. The predicted octanol–water partition coefficient (Wildman–Crippen LogP) is 5.80. The molecule has 0 bridgehead atoms. The minimum atomic E-state index is -0.421. The van der Waals surface area contributed by atoms with Crippen molar-refractivity contribution in [2.75, 3.05) is 0 Å². The van der Waals surface area contributed by atoms with Crippen molar-refractivity contribution in [3.8, 4) is 5.75 Å². The van der Waals surface area contributed by atoms with E-state index >= 15 is 0 Å². The topological polar surface area (TPSA) is 26.3 Å². The minimum absolute atomic E-state index is 0.127.